The highest BCUT2D eigenvalue weighted by Crippen LogP contribution is 2.26. The number of hydrogen-bond acceptors (Lipinski definition) is 3. The van der Waals surface area contributed by atoms with Crippen LogP contribution in [0.2, 0.25) is 0 Å². The molecule has 90 valence electrons. The van der Waals surface area contributed by atoms with Crippen molar-refractivity contribution in [3.63, 3.8) is 0 Å². The third-order valence-corrected chi connectivity index (χ3v) is 4.58. The predicted octanol–water partition coefficient (Wildman–Crippen LogP) is 2.56. The van der Waals surface area contributed by atoms with Gasteiger partial charge in [-0.15, -0.1) is 0 Å². The standard InChI is InChI=1S/C11H15BrO3S/c1-9-4-5-10(15-2)11(8-9)16(13,14)7-3-6-12/h4-5,8H,3,6-7H2,1-2H3. The monoisotopic (exact) mass is 306 g/mol. The van der Waals surface area contributed by atoms with E-state index in [0.29, 0.717) is 17.5 Å². The smallest absolute Gasteiger partial charge is 0.182 e. The maximum absolute atomic E-state index is 12.0. The number of halogens is 1. The summed E-state index contributed by atoms with van der Waals surface area (Å²) in [4.78, 5) is 0.288. The van der Waals surface area contributed by atoms with E-state index in [-0.39, 0.29) is 10.6 Å². The fourth-order valence-electron chi connectivity index (χ4n) is 1.38. The number of rotatable bonds is 5. The molecule has 16 heavy (non-hydrogen) atoms. The van der Waals surface area contributed by atoms with Crippen LogP contribution < -0.4 is 4.74 Å². The third kappa shape index (κ3) is 3.22. The minimum Gasteiger partial charge on any atom is -0.495 e. The Labute approximate surface area is 105 Å². The van der Waals surface area contributed by atoms with Crippen molar-refractivity contribution in [2.45, 2.75) is 18.2 Å². The van der Waals surface area contributed by atoms with Crippen LogP contribution in [0.25, 0.3) is 0 Å². The van der Waals surface area contributed by atoms with E-state index in [1.54, 1.807) is 12.1 Å². The molecule has 0 spiro atoms. The van der Waals surface area contributed by atoms with Gasteiger partial charge in [0.05, 0.1) is 12.9 Å². The first-order chi connectivity index (χ1) is 7.51. The Morgan fingerprint density at radius 2 is 2.06 bits per heavy atom. The number of ether oxygens (including phenoxy) is 1. The number of sulfone groups is 1. The molecule has 0 saturated heterocycles. The van der Waals surface area contributed by atoms with E-state index in [2.05, 4.69) is 15.9 Å². The lowest BCUT2D eigenvalue weighted by atomic mass is 10.2. The van der Waals surface area contributed by atoms with Crippen LogP contribution in [0, 0.1) is 6.92 Å². The molecule has 0 aromatic heterocycles. The van der Waals surface area contributed by atoms with Gasteiger partial charge in [-0.05, 0) is 31.0 Å². The van der Waals surface area contributed by atoms with Crippen LogP contribution in [0.5, 0.6) is 5.75 Å². The van der Waals surface area contributed by atoms with Gasteiger partial charge in [0, 0.05) is 5.33 Å². The van der Waals surface area contributed by atoms with Crippen molar-refractivity contribution < 1.29 is 13.2 Å². The van der Waals surface area contributed by atoms with Crippen molar-refractivity contribution in [1.29, 1.82) is 0 Å². The molecule has 0 heterocycles. The number of alkyl halides is 1. The van der Waals surface area contributed by atoms with Crippen LogP contribution >= 0.6 is 15.9 Å². The highest BCUT2D eigenvalue weighted by molar-refractivity contribution is 9.09. The molecule has 5 heteroatoms. The summed E-state index contributed by atoms with van der Waals surface area (Å²) in [6.45, 7) is 1.86. The maximum atomic E-state index is 12.0. The molecular weight excluding hydrogens is 292 g/mol. The zero-order valence-corrected chi connectivity index (χ0v) is 11.8. The van der Waals surface area contributed by atoms with Gasteiger partial charge in [-0.25, -0.2) is 8.42 Å². The number of methoxy groups -OCH3 is 1. The Kier molecular flexibility index (Phi) is 4.80. The second-order valence-corrected chi connectivity index (χ2v) is 6.39. The minimum absolute atomic E-state index is 0.137. The molecule has 0 unspecified atom stereocenters. The summed E-state index contributed by atoms with van der Waals surface area (Å²) in [5.74, 6) is 0.554. The van der Waals surface area contributed by atoms with E-state index in [0.717, 1.165) is 5.56 Å². The molecule has 0 amide bonds. The summed E-state index contributed by atoms with van der Waals surface area (Å²) in [6, 6.07) is 5.18. The van der Waals surface area contributed by atoms with Crippen LogP contribution in [-0.4, -0.2) is 26.6 Å². The Hall–Kier alpha value is -0.550. The summed E-state index contributed by atoms with van der Waals surface area (Å²) in [7, 11) is -1.76. The van der Waals surface area contributed by atoms with Crippen LogP contribution in [0.1, 0.15) is 12.0 Å². The lowest BCUT2D eigenvalue weighted by molar-refractivity contribution is 0.402. The number of aryl methyl sites for hydroxylation is 1. The van der Waals surface area contributed by atoms with Crippen molar-refractivity contribution in [3.8, 4) is 5.75 Å². The van der Waals surface area contributed by atoms with Crippen LogP contribution in [0.15, 0.2) is 23.1 Å². The quantitative estimate of drug-likeness (QED) is 0.785. The highest BCUT2D eigenvalue weighted by atomic mass is 79.9. The summed E-state index contributed by atoms with van der Waals surface area (Å²) in [5, 5.41) is 0.681. The van der Waals surface area contributed by atoms with Gasteiger partial charge in [-0.1, -0.05) is 22.0 Å². The van der Waals surface area contributed by atoms with Crippen LogP contribution in [-0.2, 0) is 9.84 Å². The zero-order chi connectivity index (χ0) is 12.2. The Balaban J connectivity index is 3.15. The molecule has 0 saturated carbocycles. The minimum atomic E-state index is -3.24. The van der Waals surface area contributed by atoms with E-state index in [9.17, 15) is 8.42 Å². The van der Waals surface area contributed by atoms with Gasteiger partial charge in [-0.2, -0.15) is 0 Å². The summed E-state index contributed by atoms with van der Waals surface area (Å²) in [5.41, 5.74) is 0.915. The average Bonchev–Trinajstić information content (AvgIpc) is 2.26. The van der Waals surface area contributed by atoms with E-state index in [4.69, 9.17) is 4.74 Å². The molecule has 0 radical (unpaired) electrons. The molecule has 0 fully saturated rings. The van der Waals surface area contributed by atoms with Crippen LogP contribution in [0.4, 0.5) is 0 Å². The second-order valence-electron chi connectivity index (χ2n) is 3.52. The van der Waals surface area contributed by atoms with Gasteiger partial charge < -0.3 is 4.74 Å². The van der Waals surface area contributed by atoms with Gasteiger partial charge in [-0.3, -0.25) is 0 Å². The van der Waals surface area contributed by atoms with Crippen molar-refractivity contribution in [1.82, 2.24) is 0 Å². The fraction of sp³-hybridized carbons (Fsp3) is 0.455. The topological polar surface area (TPSA) is 43.4 Å². The number of hydrogen-bond donors (Lipinski definition) is 0. The zero-order valence-electron chi connectivity index (χ0n) is 9.36. The van der Waals surface area contributed by atoms with Crippen LogP contribution in [0.3, 0.4) is 0 Å². The maximum Gasteiger partial charge on any atom is 0.182 e. The van der Waals surface area contributed by atoms with Gasteiger partial charge in [0.25, 0.3) is 0 Å². The molecule has 1 aromatic carbocycles. The molecule has 1 rings (SSSR count). The van der Waals surface area contributed by atoms with Gasteiger partial charge in [0.2, 0.25) is 0 Å². The van der Waals surface area contributed by atoms with Gasteiger partial charge >= 0.3 is 0 Å². The Morgan fingerprint density at radius 3 is 2.62 bits per heavy atom. The van der Waals surface area contributed by atoms with Crippen molar-refractivity contribution >= 4 is 25.8 Å². The molecule has 0 aliphatic heterocycles. The molecule has 0 atom stereocenters. The SMILES string of the molecule is COc1ccc(C)cc1S(=O)(=O)CCCBr. The number of benzene rings is 1. The van der Waals surface area contributed by atoms with Crippen molar-refractivity contribution in [3.05, 3.63) is 23.8 Å². The van der Waals surface area contributed by atoms with Crippen molar-refractivity contribution in [2.24, 2.45) is 0 Å². The summed E-state index contributed by atoms with van der Waals surface area (Å²) in [6.07, 6.45) is 0.597. The van der Waals surface area contributed by atoms with Gasteiger partial charge in [0.15, 0.2) is 9.84 Å². The molecule has 1 aromatic rings. The Morgan fingerprint density at radius 1 is 1.38 bits per heavy atom. The molecule has 0 bridgehead atoms. The van der Waals surface area contributed by atoms with E-state index in [1.165, 1.54) is 7.11 Å². The lowest BCUT2D eigenvalue weighted by Crippen LogP contribution is -2.09. The summed E-state index contributed by atoms with van der Waals surface area (Å²) < 4.78 is 29.1. The molecule has 0 aliphatic carbocycles. The Bertz CT molecular complexity index is 454. The first-order valence-electron chi connectivity index (χ1n) is 4.94. The first-order valence-corrected chi connectivity index (χ1v) is 7.72. The van der Waals surface area contributed by atoms with E-state index < -0.39 is 9.84 Å². The van der Waals surface area contributed by atoms with E-state index >= 15 is 0 Å². The van der Waals surface area contributed by atoms with Gasteiger partial charge in [0.1, 0.15) is 10.6 Å². The third-order valence-electron chi connectivity index (χ3n) is 2.20. The second kappa shape index (κ2) is 5.68. The lowest BCUT2D eigenvalue weighted by Gasteiger charge is -2.09. The molecule has 3 nitrogen and oxygen atoms in total. The fourth-order valence-corrected chi connectivity index (χ4v) is 3.60. The normalized spacial score (nSPS) is 11.4. The van der Waals surface area contributed by atoms with E-state index in [1.807, 2.05) is 13.0 Å². The molecular formula is C11H15BrO3S. The average molecular weight is 307 g/mol. The van der Waals surface area contributed by atoms with Crippen molar-refractivity contribution in [2.75, 3.05) is 18.2 Å². The molecule has 0 aliphatic rings. The largest absolute Gasteiger partial charge is 0.495 e. The highest BCUT2D eigenvalue weighted by Gasteiger charge is 2.18. The predicted molar refractivity (Wildman–Crippen MR) is 68.2 cm³/mol. The summed E-state index contributed by atoms with van der Waals surface area (Å²) >= 11 is 3.23. The first kappa shape index (κ1) is 13.5. The molecule has 0 N–H and O–H groups in total.